The molecule has 1 fully saturated rings. The zero-order chi connectivity index (χ0) is 49.1. The van der Waals surface area contributed by atoms with Crippen molar-refractivity contribution in [1.82, 2.24) is 0 Å². The third-order valence-corrected chi connectivity index (χ3v) is 12.9. The van der Waals surface area contributed by atoms with E-state index in [-0.39, 0.29) is 19.4 Å². The Morgan fingerprint density at radius 2 is 0.940 bits per heavy atom. The van der Waals surface area contributed by atoms with Gasteiger partial charge in [-0.05, 0) is 51.4 Å². The molecule has 1 aliphatic heterocycles. The molecule has 0 aliphatic carbocycles. The number of ether oxygens (including phenoxy) is 4. The molecule has 13 heteroatoms. The molecular weight excluding hydrogens is 873 g/mol. The number of rotatable bonds is 45. The first-order chi connectivity index (χ1) is 32.5. The van der Waals surface area contributed by atoms with Crippen molar-refractivity contribution < 1.29 is 56.8 Å². The molecule has 1 heterocycles. The minimum absolute atomic E-state index is 0.112. The second-order valence-electron chi connectivity index (χ2n) is 18.5. The van der Waals surface area contributed by atoms with Crippen molar-refractivity contribution in [2.45, 2.75) is 263 Å². The summed E-state index contributed by atoms with van der Waals surface area (Å²) in [4.78, 5) is 25.5. The van der Waals surface area contributed by atoms with E-state index in [1.54, 1.807) is 0 Å². The van der Waals surface area contributed by atoms with Gasteiger partial charge < -0.3 is 34.3 Å². The van der Waals surface area contributed by atoms with Crippen LogP contribution in [0.25, 0.3) is 0 Å². The first kappa shape index (κ1) is 62.6. The highest BCUT2D eigenvalue weighted by Crippen LogP contribution is 2.24. The molecule has 4 N–H and O–H groups in total. The van der Waals surface area contributed by atoms with E-state index in [2.05, 4.69) is 62.5 Å². The Balaban J connectivity index is 2.32. The largest absolute Gasteiger partial charge is 0.462 e. The number of carbonyl (C=O) groups excluding carboxylic acids is 2. The van der Waals surface area contributed by atoms with Crippen LogP contribution >= 0.6 is 0 Å². The molecule has 6 unspecified atom stereocenters. The van der Waals surface area contributed by atoms with Crippen LogP contribution in [0, 0.1) is 0 Å². The number of hydrogen-bond acceptors (Lipinski definition) is 11. The van der Waals surface area contributed by atoms with E-state index < -0.39 is 71.2 Å². The van der Waals surface area contributed by atoms with Gasteiger partial charge in [-0.25, -0.2) is 0 Å². The number of aliphatic hydroxyl groups excluding tert-OH is 3. The van der Waals surface area contributed by atoms with Crippen molar-refractivity contribution in [2.75, 3.05) is 19.0 Å². The molecule has 6 atom stereocenters. The minimum Gasteiger partial charge on any atom is -0.462 e. The van der Waals surface area contributed by atoms with Gasteiger partial charge in [0.2, 0.25) is 0 Å². The number of carbonyl (C=O) groups is 2. The standard InChI is InChI=1S/C54H96O12S/c1-3-5-7-9-11-13-15-17-19-20-21-22-23-24-25-26-27-29-30-32-34-36-38-40-42-49(55)63-44-47(45-64-54-53(59)52(58)51(57)48(66-54)46-67(60,61)62)65-50(56)43-41-39-37-35-33-31-28-18-16-14-12-10-8-6-4-2/h6,8,12,14,18,28,33,35,47-48,51-54,57-59H,3-5,7,9-11,13,15-17,19-27,29-32,34,36-46H2,1-2H3,(H,60,61,62)/b8-6-,14-12-,28-18-,35-33-. The summed E-state index contributed by atoms with van der Waals surface area (Å²) in [5.41, 5.74) is 0. The van der Waals surface area contributed by atoms with Crippen LogP contribution in [-0.2, 0) is 38.7 Å². The van der Waals surface area contributed by atoms with Crippen LogP contribution in [0.2, 0.25) is 0 Å². The molecule has 67 heavy (non-hydrogen) atoms. The Labute approximate surface area is 407 Å². The van der Waals surface area contributed by atoms with Gasteiger partial charge in [-0.2, -0.15) is 8.42 Å². The summed E-state index contributed by atoms with van der Waals surface area (Å²) in [6, 6.07) is 0. The van der Waals surface area contributed by atoms with Gasteiger partial charge in [-0.1, -0.05) is 210 Å². The summed E-state index contributed by atoms with van der Waals surface area (Å²) < 4.78 is 54.2. The van der Waals surface area contributed by atoms with Gasteiger partial charge >= 0.3 is 11.9 Å². The van der Waals surface area contributed by atoms with Gasteiger partial charge in [0.25, 0.3) is 10.1 Å². The fraction of sp³-hybridized carbons (Fsp3) is 0.815. The van der Waals surface area contributed by atoms with Crippen molar-refractivity contribution in [3.63, 3.8) is 0 Å². The third kappa shape index (κ3) is 38.1. The fourth-order valence-electron chi connectivity index (χ4n) is 8.08. The van der Waals surface area contributed by atoms with Crippen LogP contribution in [0.4, 0.5) is 0 Å². The van der Waals surface area contributed by atoms with Gasteiger partial charge in [0, 0.05) is 12.8 Å². The van der Waals surface area contributed by atoms with Crippen molar-refractivity contribution in [3.8, 4) is 0 Å². The fourth-order valence-corrected chi connectivity index (χ4v) is 8.77. The zero-order valence-electron chi connectivity index (χ0n) is 42.0. The number of allylic oxidation sites excluding steroid dienone is 8. The zero-order valence-corrected chi connectivity index (χ0v) is 42.8. The third-order valence-electron chi connectivity index (χ3n) is 12.2. The lowest BCUT2D eigenvalue weighted by Crippen LogP contribution is -2.60. The van der Waals surface area contributed by atoms with Crippen molar-refractivity contribution >= 4 is 22.1 Å². The molecule has 0 spiro atoms. The van der Waals surface area contributed by atoms with E-state index in [0.29, 0.717) is 12.8 Å². The Morgan fingerprint density at radius 3 is 1.40 bits per heavy atom. The Morgan fingerprint density at radius 1 is 0.522 bits per heavy atom. The smallest absolute Gasteiger partial charge is 0.306 e. The lowest BCUT2D eigenvalue weighted by Gasteiger charge is -2.40. The van der Waals surface area contributed by atoms with Gasteiger partial charge in [0.1, 0.15) is 36.8 Å². The SMILES string of the molecule is CC/C=C\C/C=C\C/C=C\C/C=C\CCCCC(=O)OC(COC(=O)CCCCCCCCCCCCCCCCCCCCCCCCCC)COC1OC(CS(=O)(=O)O)C(O)C(O)C1O. The van der Waals surface area contributed by atoms with Crippen LogP contribution in [0.15, 0.2) is 48.6 Å². The van der Waals surface area contributed by atoms with Crippen molar-refractivity contribution in [1.29, 1.82) is 0 Å². The normalized spacial score (nSPS) is 19.6. The van der Waals surface area contributed by atoms with Crippen molar-refractivity contribution in [2.24, 2.45) is 0 Å². The number of aliphatic hydroxyl groups is 3. The monoisotopic (exact) mass is 969 g/mol. The lowest BCUT2D eigenvalue weighted by molar-refractivity contribution is -0.297. The molecule has 0 aromatic rings. The molecule has 390 valence electrons. The Hall–Kier alpha value is -2.39. The average molecular weight is 969 g/mol. The van der Waals surface area contributed by atoms with Crippen LogP contribution in [0.5, 0.6) is 0 Å². The second-order valence-corrected chi connectivity index (χ2v) is 20.0. The summed E-state index contributed by atoms with van der Waals surface area (Å²) in [7, 11) is -4.61. The molecular formula is C54H96O12S. The predicted molar refractivity (Wildman–Crippen MR) is 270 cm³/mol. The van der Waals surface area contributed by atoms with Gasteiger partial charge in [-0.3, -0.25) is 14.1 Å². The van der Waals surface area contributed by atoms with Gasteiger partial charge in [-0.15, -0.1) is 0 Å². The first-order valence-electron chi connectivity index (χ1n) is 26.7. The van der Waals surface area contributed by atoms with E-state index >= 15 is 0 Å². The molecule has 0 amide bonds. The van der Waals surface area contributed by atoms with Crippen LogP contribution in [0.3, 0.4) is 0 Å². The maximum Gasteiger partial charge on any atom is 0.306 e. The van der Waals surface area contributed by atoms with E-state index in [1.165, 1.54) is 128 Å². The topological polar surface area (TPSA) is 186 Å². The lowest BCUT2D eigenvalue weighted by atomic mass is 10.00. The molecule has 1 rings (SSSR count). The second kappa shape index (κ2) is 43.6. The highest BCUT2D eigenvalue weighted by atomic mass is 32.2. The van der Waals surface area contributed by atoms with E-state index in [0.717, 1.165) is 57.8 Å². The van der Waals surface area contributed by atoms with Crippen LogP contribution < -0.4 is 0 Å². The highest BCUT2D eigenvalue weighted by Gasteiger charge is 2.46. The van der Waals surface area contributed by atoms with E-state index in [4.69, 9.17) is 18.9 Å². The molecule has 0 bridgehead atoms. The molecule has 1 saturated heterocycles. The minimum atomic E-state index is -4.61. The molecule has 1 aliphatic rings. The Bertz CT molecular complexity index is 1410. The summed E-state index contributed by atoms with van der Waals surface area (Å²) in [5.74, 6) is -2.03. The molecule has 0 radical (unpaired) electrons. The number of hydrogen-bond donors (Lipinski definition) is 4. The average Bonchev–Trinajstić information content (AvgIpc) is 3.30. The maximum absolute atomic E-state index is 12.8. The maximum atomic E-state index is 12.8. The molecule has 0 aromatic heterocycles. The molecule has 0 aromatic carbocycles. The van der Waals surface area contributed by atoms with E-state index in [9.17, 15) is 37.9 Å². The quantitative estimate of drug-likeness (QED) is 0.0196. The molecule has 12 nitrogen and oxygen atoms in total. The van der Waals surface area contributed by atoms with E-state index in [1.807, 2.05) is 0 Å². The summed E-state index contributed by atoms with van der Waals surface area (Å²) in [5, 5.41) is 31.0. The summed E-state index contributed by atoms with van der Waals surface area (Å²) >= 11 is 0. The summed E-state index contributed by atoms with van der Waals surface area (Å²) in [6.07, 6.45) is 44.6. The number of esters is 2. The number of unbranched alkanes of at least 4 members (excludes halogenated alkanes) is 25. The van der Waals surface area contributed by atoms with Gasteiger partial charge in [0.15, 0.2) is 12.4 Å². The summed E-state index contributed by atoms with van der Waals surface area (Å²) in [6.45, 7) is 3.64. The first-order valence-corrected chi connectivity index (χ1v) is 28.3. The Kier molecular flexibility index (Phi) is 40.8. The molecule has 0 saturated carbocycles. The predicted octanol–water partition coefficient (Wildman–Crippen LogP) is 12.3. The highest BCUT2D eigenvalue weighted by molar-refractivity contribution is 7.85. The van der Waals surface area contributed by atoms with Crippen LogP contribution in [-0.4, -0.2) is 96.0 Å². The van der Waals surface area contributed by atoms with Crippen molar-refractivity contribution in [3.05, 3.63) is 48.6 Å². The van der Waals surface area contributed by atoms with Gasteiger partial charge in [0.05, 0.1) is 6.61 Å². The van der Waals surface area contributed by atoms with Crippen LogP contribution in [0.1, 0.15) is 226 Å².